The predicted molar refractivity (Wildman–Crippen MR) is 85.0 cm³/mol. The lowest BCUT2D eigenvalue weighted by Gasteiger charge is -2.15. The van der Waals surface area contributed by atoms with E-state index in [4.69, 9.17) is 9.47 Å². The molecule has 2 aromatic carbocycles. The fourth-order valence-electron chi connectivity index (χ4n) is 2.94. The smallest absolute Gasteiger partial charge is 0.287 e. The van der Waals surface area contributed by atoms with Gasteiger partial charge < -0.3 is 24.8 Å². The molecule has 3 aromatic rings. The zero-order valence-electron chi connectivity index (χ0n) is 13.1. The van der Waals surface area contributed by atoms with Crippen LogP contribution >= 0.6 is 0 Å². The summed E-state index contributed by atoms with van der Waals surface area (Å²) in [6.45, 7) is -0.0890. The summed E-state index contributed by atoms with van der Waals surface area (Å²) in [6.07, 6.45) is -4.94. The van der Waals surface area contributed by atoms with Crippen molar-refractivity contribution in [2.24, 2.45) is 0 Å². The summed E-state index contributed by atoms with van der Waals surface area (Å²) in [6, 6.07) is 12.2. The van der Waals surface area contributed by atoms with Crippen LogP contribution in [0.25, 0.3) is 22.1 Å². The lowest BCUT2D eigenvalue weighted by molar-refractivity contribution is -0.864. The van der Waals surface area contributed by atoms with Gasteiger partial charge >= 0.3 is 0 Å². The Kier molecular flexibility index (Phi) is 3.89. The maximum atomic E-state index is 10.4. The highest BCUT2D eigenvalue weighted by Gasteiger charge is 2.42. The minimum Gasteiger partial charge on any atom is -0.488 e. The van der Waals surface area contributed by atoms with Gasteiger partial charge in [0, 0.05) is 16.9 Å². The third-order valence-electron chi connectivity index (χ3n) is 4.29. The normalized spacial score (nSPS) is 26.4. The first-order valence-electron chi connectivity index (χ1n) is 7.81. The lowest BCUT2D eigenvalue weighted by atomic mass is 10.1. The van der Waals surface area contributed by atoms with E-state index in [0.717, 1.165) is 4.73 Å². The predicted octanol–water partition coefficient (Wildman–Crippen LogP) is -0.269. The summed E-state index contributed by atoms with van der Waals surface area (Å²) in [5.74, 6) is 0.387. The summed E-state index contributed by atoms with van der Waals surface area (Å²) in [5.41, 5.74) is 2.06. The molecule has 1 saturated heterocycles. The Bertz CT molecular complexity index is 934. The Morgan fingerprint density at radius 2 is 1.76 bits per heavy atom. The van der Waals surface area contributed by atoms with Gasteiger partial charge in [0.25, 0.3) is 11.0 Å². The van der Waals surface area contributed by atoms with E-state index in [1.807, 2.05) is 6.07 Å². The average molecular weight is 345 g/mol. The van der Waals surface area contributed by atoms with Crippen molar-refractivity contribution in [2.45, 2.75) is 24.6 Å². The minimum atomic E-state index is -1.45. The fraction of sp³-hybridized carbons (Fsp3) is 0.294. The molecule has 8 nitrogen and oxygen atoms in total. The largest absolute Gasteiger partial charge is 0.488 e. The number of hydrogen-bond acceptors (Lipinski definition) is 7. The summed E-state index contributed by atoms with van der Waals surface area (Å²) in [5, 5.41) is 39.2. The van der Waals surface area contributed by atoms with E-state index >= 15 is 0 Å². The molecule has 0 saturated carbocycles. The number of hydrogen-bond donors (Lipinski definition) is 4. The molecule has 130 valence electrons. The van der Waals surface area contributed by atoms with Gasteiger partial charge in [-0.1, -0.05) is 18.2 Å². The molecule has 4 unspecified atom stereocenters. The van der Waals surface area contributed by atoms with Crippen LogP contribution in [-0.4, -0.2) is 56.7 Å². The van der Waals surface area contributed by atoms with Gasteiger partial charge in [-0.2, -0.15) is 0 Å². The minimum absolute atomic E-state index is 0.0890. The van der Waals surface area contributed by atoms with Crippen LogP contribution in [0.4, 0.5) is 0 Å². The highest BCUT2D eigenvalue weighted by atomic mass is 16.7. The van der Waals surface area contributed by atoms with Crippen LogP contribution < -0.4 is 9.47 Å². The van der Waals surface area contributed by atoms with Crippen molar-refractivity contribution in [1.29, 1.82) is 0 Å². The van der Waals surface area contributed by atoms with Gasteiger partial charge in [-0.05, 0) is 12.1 Å². The van der Waals surface area contributed by atoms with E-state index in [0.29, 0.717) is 27.8 Å². The molecule has 1 fully saturated rings. The number of fused-ring (bicyclic) bond motifs is 2. The Balaban J connectivity index is 1.68. The van der Waals surface area contributed by atoms with Crippen molar-refractivity contribution < 1.29 is 34.7 Å². The second-order valence-electron chi connectivity index (χ2n) is 5.89. The number of ether oxygens (including phenoxy) is 2. The fourth-order valence-corrected chi connectivity index (χ4v) is 2.94. The molecule has 25 heavy (non-hydrogen) atoms. The molecule has 1 aliphatic rings. The molecular formula is C17H17N2O6+. The topological polar surface area (TPSA) is 116 Å². The second kappa shape index (κ2) is 6.08. The molecule has 0 aliphatic carbocycles. The number of nitrogens with zero attached hydrogens (tertiary/aromatic N) is 2. The number of aliphatic hydroxyl groups excluding tert-OH is 3. The van der Waals surface area contributed by atoms with Crippen molar-refractivity contribution in [3.8, 4) is 5.75 Å². The Morgan fingerprint density at radius 1 is 1.00 bits per heavy atom. The second-order valence-corrected chi connectivity index (χ2v) is 5.89. The van der Waals surface area contributed by atoms with Crippen LogP contribution in [-0.2, 0) is 4.74 Å². The van der Waals surface area contributed by atoms with E-state index in [1.165, 1.54) is 0 Å². The molecule has 8 heteroatoms. The van der Waals surface area contributed by atoms with Gasteiger partial charge in [-0.3, -0.25) is 5.21 Å². The summed E-state index contributed by atoms with van der Waals surface area (Å²) in [7, 11) is 0. The van der Waals surface area contributed by atoms with E-state index in [9.17, 15) is 20.5 Å². The standard InChI is InChI=1S/C17H17N2O6/c20-15-13(25-17(22)16(15)21)8-24-12-7-3-6-11-14(12)18-9-4-1-2-5-10(9)19(11)23/h1-7,13,15-17,20-22H,8H2,(H,18,23)/q+1. The first-order valence-corrected chi connectivity index (χ1v) is 7.81. The quantitative estimate of drug-likeness (QED) is 0.293. The van der Waals surface area contributed by atoms with Crippen molar-refractivity contribution in [3.63, 3.8) is 0 Å². The molecule has 2 heterocycles. The highest BCUT2D eigenvalue weighted by Crippen LogP contribution is 2.26. The molecule has 4 N–H and O–H groups in total. The van der Waals surface area contributed by atoms with Crippen molar-refractivity contribution in [2.75, 3.05) is 6.61 Å². The van der Waals surface area contributed by atoms with Crippen LogP contribution in [0.3, 0.4) is 0 Å². The van der Waals surface area contributed by atoms with Crippen molar-refractivity contribution in [1.82, 2.24) is 4.98 Å². The third-order valence-corrected chi connectivity index (χ3v) is 4.29. The van der Waals surface area contributed by atoms with Gasteiger partial charge in [-0.25, -0.2) is 4.98 Å². The van der Waals surface area contributed by atoms with Gasteiger partial charge in [-0.15, -0.1) is 0 Å². The monoisotopic (exact) mass is 345 g/mol. The molecule has 4 atom stereocenters. The maximum absolute atomic E-state index is 10.4. The number of aromatic nitrogens is 2. The zero-order valence-corrected chi connectivity index (χ0v) is 13.1. The summed E-state index contributed by atoms with van der Waals surface area (Å²) in [4.78, 5) is 4.52. The SMILES string of the molecule is OC1OC(COc2cccc3c2nc2ccccc2[n+]3O)C(O)C1O. The van der Waals surface area contributed by atoms with Crippen LogP contribution in [0.5, 0.6) is 5.75 Å². The first kappa shape index (κ1) is 16.0. The molecule has 0 amide bonds. The van der Waals surface area contributed by atoms with Gasteiger partial charge in [0.05, 0.1) is 0 Å². The molecule has 1 aliphatic heterocycles. The molecule has 0 bridgehead atoms. The van der Waals surface area contributed by atoms with Gasteiger partial charge in [0.2, 0.25) is 0 Å². The third kappa shape index (κ3) is 2.65. The van der Waals surface area contributed by atoms with Crippen LogP contribution in [0.1, 0.15) is 0 Å². The first-order chi connectivity index (χ1) is 12.1. The lowest BCUT2D eigenvalue weighted by Crippen LogP contribution is -2.35. The zero-order chi connectivity index (χ0) is 17.6. The number of rotatable bonds is 3. The van der Waals surface area contributed by atoms with Gasteiger partial charge in [0.1, 0.15) is 30.4 Å². The van der Waals surface area contributed by atoms with Gasteiger partial charge in [0.15, 0.2) is 17.6 Å². The van der Waals surface area contributed by atoms with E-state index < -0.39 is 24.6 Å². The van der Waals surface area contributed by atoms with E-state index in [2.05, 4.69) is 4.98 Å². The molecule has 0 spiro atoms. The van der Waals surface area contributed by atoms with Crippen LogP contribution in [0.15, 0.2) is 42.5 Å². The van der Waals surface area contributed by atoms with E-state index in [1.54, 1.807) is 36.4 Å². The number of benzene rings is 2. The highest BCUT2D eigenvalue weighted by molar-refractivity contribution is 5.85. The molecule has 1 aromatic heterocycles. The molecular weight excluding hydrogens is 328 g/mol. The summed E-state index contributed by atoms with van der Waals surface area (Å²) < 4.78 is 11.8. The Hall–Kier alpha value is -2.52. The van der Waals surface area contributed by atoms with E-state index in [-0.39, 0.29) is 6.61 Å². The number of para-hydroxylation sites is 3. The Morgan fingerprint density at radius 3 is 2.52 bits per heavy atom. The van der Waals surface area contributed by atoms with Crippen LogP contribution in [0, 0.1) is 0 Å². The molecule has 0 radical (unpaired) electrons. The summed E-state index contributed by atoms with van der Waals surface area (Å²) >= 11 is 0. The number of aliphatic hydroxyl groups is 3. The van der Waals surface area contributed by atoms with Crippen molar-refractivity contribution >= 4 is 22.1 Å². The Labute approximate surface area is 142 Å². The average Bonchev–Trinajstić information content (AvgIpc) is 2.87. The molecule has 4 rings (SSSR count). The van der Waals surface area contributed by atoms with Crippen molar-refractivity contribution in [3.05, 3.63) is 42.5 Å². The maximum Gasteiger partial charge on any atom is 0.287 e. The van der Waals surface area contributed by atoms with Crippen LogP contribution in [0.2, 0.25) is 0 Å².